The van der Waals surface area contributed by atoms with E-state index in [9.17, 15) is 0 Å². The summed E-state index contributed by atoms with van der Waals surface area (Å²) < 4.78 is 0. The van der Waals surface area contributed by atoms with Gasteiger partial charge in [-0.25, -0.2) is 0 Å². The summed E-state index contributed by atoms with van der Waals surface area (Å²) in [6.45, 7) is 13.8. The number of fused-ring (bicyclic) bond motifs is 2. The highest BCUT2D eigenvalue weighted by Crippen LogP contribution is 2.50. The van der Waals surface area contributed by atoms with Crippen LogP contribution in [0.15, 0.2) is 0 Å². The molecule has 0 radical (unpaired) electrons. The Balaban J connectivity index is 2.22. The molecule has 0 aromatic heterocycles. The van der Waals surface area contributed by atoms with E-state index in [0.29, 0.717) is 5.41 Å². The van der Waals surface area contributed by atoms with Crippen molar-refractivity contribution in [2.45, 2.75) is 111 Å². The van der Waals surface area contributed by atoms with Gasteiger partial charge >= 0.3 is 0 Å². The van der Waals surface area contributed by atoms with E-state index in [0.717, 1.165) is 29.7 Å². The van der Waals surface area contributed by atoms with Gasteiger partial charge in [0, 0.05) is 6.04 Å². The first kappa shape index (κ1) is 20.3. The summed E-state index contributed by atoms with van der Waals surface area (Å²) in [7, 11) is 0. The SMILES string of the molecule is CCC(C)CC12CCCCC(C1)NCCC(C)CCCC(C)C2C. The van der Waals surface area contributed by atoms with Gasteiger partial charge in [-0.1, -0.05) is 73.1 Å². The second-order valence-electron chi connectivity index (χ2n) is 9.77. The van der Waals surface area contributed by atoms with Crippen LogP contribution in [0.4, 0.5) is 0 Å². The molecule has 1 aliphatic heterocycles. The lowest BCUT2D eigenvalue weighted by molar-refractivity contribution is 0.0544. The zero-order valence-corrected chi connectivity index (χ0v) is 17.4. The molecule has 0 spiro atoms. The minimum Gasteiger partial charge on any atom is -0.314 e. The molecule has 2 bridgehead atoms. The Hall–Kier alpha value is -0.0400. The standard InChI is InChI=1S/C23H45N/c1-6-18(2)16-23-14-8-7-12-22(17-23)24-15-13-19(3)10-9-11-20(4)21(23)5/h18-22,24H,6-17H2,1-5H3. The van der Waals surface area contributed by atoms with Gasteiger partial charge in [0.05, 0.1) is 0 Å². The van der Waals surface area contributed by atoms with Gasteiger partial charge in [-0.15, -0.1) is 0 Å². The molecule has 24 heavy (non-hydrogen) atoms. The van der Waals surface area contributed by atoms with Crippen molar-refractivity contribution in [2.24, 2.45) is 29.1 Å². The maximum atomic E-state index is 3.99. The molecule has 1 heteroatoms. The number of hydrogen-bond donors (Lipinski definition) is 1. The fraction of sp³-hybridized carbons (Fsp3) is 1.00. The van der Waals surface area contributed by atoms with Gasteiger partial charge < -0.3 is 5.32 Å². The highest BCUT2D eigenvalue weighted by Gasteiger charge is 2.41. The van der Waals surface area contributed by atoms with Gasteiger partial charge in [-0.05, 0) is 67.7 Å². The van der Waals surface area contributed by atoms with E-state index in [-0.39, 0.29) is 0 Å². The minimum atomic E-state index is 0.591. The zero-order valence-electron chi connectivity index (χ0n) is 17.4. The normalized spacial score (nSPS) is 40.9. The Morgan fingerprint density at radius 3 is 2.54 bits per heavy atom. The van der Waals surface area contributed by atoms with E-state index in [1.807, 2.05) is 0 Å². The molecule has 2 rings (SSSR count). The van der Waals surface area contributed by atoms with Crippen LogP contribution >= 0.6 is 0 Å². The van der Waals surface area contributed by atoms with Crippen molar-refractivity contribution in [3.63, 3.8) is 0 Å². The average Bonchev–Trinajstić information content (AvgIpc) is 2.76. The fourth-order valence-electron chi connectivity index (χ4n) is 5.68. The lowest BCUT2D eigenvalue weighted by Gasteiger charge is -2.45. The topological polar surface area (TPSA) is 12.0 Å². The molecule has 0 amide bonds. The molecule has 6 atom stereocenters. The van der Waals surface area contributed by atoms with Crippen molar-refractivity contribution in [1.29, 1.82) is 0 Å². The van der Waals surface area contributed by atoms with Gasteiger partial charge in [-0.3, -0.25) is 0 Å². The summed E-state index contributed by atoms with van der Waals surface area (Å²) in [4.78, 5) is 0. The number of nitrogens with one attached hydrogen (secondary N) is 1. The maximum absolute atomic E-state index is 3.99. The average molecular weight is 336 g/mol. The van der Waals surface area contributed by atoms with E-state index in [1.165, 1.54) is 77.2 Å². The summed E-state index contributed by atoms with van der Waals surface area (Å²) in [5.74, 6) is 3.55. The van der Waals surface area contributed by atoms with Crippen molar-refractivity contribution >= 4 is 0 Å². The summed E-state index contributed by atoms with van der Waals surface area (Å²) in [6.07, 6.45) is 15.7. The minimum absolute atomic E-state index is 0.591. The Kier molecular flexibility index (Phi) is 8.11. The molecular weight excluding hydrogens is 290 g/mol. The predicted octanol–water partition coefficient (Wildman–Crippen LogP) is 6.81. The number of rotatable bonds is 3. The summed E-state index contributed by atoms with van der Waals surface area (Å²) >= 11 is 0. The Labute approximate surface area is 152 Å². The van der Waals surface area contributed by atoms with Crippen LogP contribution in [0.2, 0.25) is 0 Å². The second-order valence-corrected chi connectivity index (χ2v) is 9.77. The third-order valence-electron chi connectivity index (χ3n) is 7.83. The van der Waals surface area contributed by atoms with Crippen molar-refractivity contribution in [1.82, 2.24) is 5.32 Å². The van der Waals surface area contributed by atoms with E-state index in [2.05, 4.69) is 39.9 Å². The summed E-state index contributed by atoms with van der Waals surface area (Å²) in [5, 5.41) is 3.99. The van der Waals surface area contributed by atoms with Crippen molar-refractivity contribution in [3.8, 4) is 0 Å². The van der Waals surface area contributed by atoms with Crippen LogP contribution in [0.25, 0.3) is 0 Å². The quantitative estimate of drug-likeness (QED) is 0.597. The van der Waals surface area contributed by atoms with E-state index in [1.54, 1.807) is 0 Å². The maximum Gasteiger partial charge on any atom is 0.00724 e. The van der Waals surface area contributed by atoms with E-state index in [4.69, 9.17) is 0 Å². The van der Waals surface area contributed by atoms with Crippen molar-refractivity contribution in [2.75, 3.05) is 6.54 Å². The van der Waals surface area contributed by atoms with Crippen molar-refractivity contribution in [3.05, 3.63) is 0 Å². The van der Waals surface area contributed by atoms with Crippen LogP contribution in [0.5, 0.6) is 0 Å². The molecular formula is C23H45N. The summed E-state index contributed by atoms with van der Waals surface area (Å²) in [5.41, 5.74) is 0.591. The first-order valence-electron chi connectivity index (χ1n) is 11.2. The second kappa shape index (κ2) is 9.60. The van der Waals surface area contributed by atoms with Gasteiger partial charge in [0.2, 0.25) is 0 Å². The van der Waals surface area contributed by atoms with Crippen molar-refractivity contribution < 1.29 is 0 Å². The Bertz CT molecular complexity index is 352. The highest BCUT2D eigenvalue weighted by atomic mass is 14.9. The molecule has 6 unspecified atom stereocenters. The lowest BCUT2D eigenvalue weighted by atomic mass is 9.61. The predicted molar refractivity (Wildman–Crippen MR) is 107 cm³/mol. The monoisotopic (exact) mass is 335 g/mol. The van der Waals surface area contributed by atoms with Crippen LogP contribution in [0.3, 0.4) is 0 Å². The zero-order chi connectivity index (χ0) is 17.6. The van der Waals surface area contributed by atoms with Gasteiger partial charge in [-0.2, -0.15) is 0 Å². The van der Waals surface area contributed by atoms with Crippen LogP contribution in [0, 0.1) is 29.1 Å². The fourth-order valence-corrected chi connectivity index (χ4v) is 5.68. The first-order valence-corrected chi connectivity index (χ1v) is 11.2. The van der Waals surface area contributed by atoms with Crippen LogP contribution in [0.1, 0.15) is 105 Å². The van der Waals surface area contributed by atoms with E-state index >= 15 is 0 Å². The molecule has 1 heterocycles. The molecule has 0 aromatic rings. The Morgan fingerprint density at radius 1 is 1.00 bits per heavy atom. The van der Waals surface area contributed by atoms with Gasteiger partial charge in [0.15, 0.2) is 0 Å². The Morgan fingerprint density at radius 2 is 1.79 bits per heavy atom. The molecule has 2 aliphatic rings. The molecule has 1 aliphatic carbocycles. The van der Waals surface area contributed by atoms with E-state index < -0.39 is 0 Å². The third-order valence-corrected chi connectivity index (χ3v) is 7.83. The smallest absolute Gasteiger partial charge is 0.00724 e. The largest absolute Gasteiger partial charge is 0.314 e. The molecule has 2 fully saturated rings. The third kappa shape index (κ3) is 5.48. The highest BCUT2D eigenvalue weighted by molar-refractivity contribution is 4.94. The molecule has 1 nitrogen and oxygen atoms in total. The van der Waals surface area contributed by atoms with Crippen LogP contribution < -0.4 is 5.32 Å². The molecule has 142 valence electrons. The lowest BCUT2D eigenvalue weighted by Crippen LogP contribution is -2.41. The first-order chi connectivity index (χ1) is 11.5. The molecule has 1 N–H and O–H groups in total. The van der Waals surface area contributed by atoms with Gasteiger partial charge in [0.1, 0.15) is 0 Å². The van der Waals surface area contributed by atoms with Crippen LogP contribution in [-0.4, -0.2) is 12.6 Å². The number of hydrogen-bond acceptors (Lipinski definition) is 1. The molecule has 1 saturated heterocycles. The van der Waals surface area contributed by atoms with Gasteiger partial charge in [0.25, 0.3) is 0 Å². The summed E-state index contributed by atoms with van der Waals surface area (Å²) in [6, 6.07) is 0.776. The molecule has 0 aromatic carbocycles. The van der Waals surface area contributed by atoms with Crippen LogP contribution in [-0.2, 0) is 0 Å². The molecule has 1 saturated carbocycles.